The second kappa shape index (κ2) is 10.6. The van der Waals surface area contributed by atoms with Gasteiger partial charge in [-0.3, -0.25) is 14.4 Å². The van der Waals surface area contributed by atoms with E-state index in [0.717, 1.165) is 28.1 Å². The lowest BCUT2D eigenvalue weighted by atomic mass is 10.0. The van der Waals surface area contributed by atoms with E-state index in [2.05, 4.69) is 10.6 Å². The molecule has 0 radical (unpaired) electrons. The number of nitrogens with zero attached hydrogens (tertiary/aromatic N) is 1. The van der Waals surface area contributed by atoms with Crippen molar-refractivity contribution in [3.8, 4) is 5.75 Å². The highest BCUT2D eigenvalue weighted by Gasteiger charge is 2.15. The van der Waals surface area contributed by atoms with Crippen LogP contribution in [0.25, 0.3) is 0 Å². The molecule has 7 nitrogen and oxygen atoms in total. The van der Waals surface area contributed by atoms with Crippen molar-refractivity contribution in [1.29, 1.82) is 0 Å². The molecule has 0 aliphatic carbocycles. The first-order valence-corrected chi connectivity index (χ1v) is 11.1. The summed E-state index contributed by atoms with van der Waals surface area (Å²) < 4.78 is 7.42. The lowest BCUT2D eigenvalue weighted by Gasteiger charge is -2.17. The van der Waals surface area contributed by atoms with E-state index in [1.54, 1.807) is 22.9 Å². The maximum absolute atomic E-state index is 12.2. The fourth-order valence-electron chi connectivity index (χ4n) is 3.71. The molecule has 2 aromatic carbocycles. The molecule has 0 saturated heterocycles. The Bertz CT molecular complexity index is 1180. The van der Waals surface area contributed by atoms with Gasteiger partial charge in [-0.15, -0.1) is 0 Å². The third-order valence-corrected chi connectivity index (χ3v) is 5.55. The molecule has 2 N–H and O–H groups in total. The maximum atomic E-state index is 12.2. The number of rotatable bonds is 9. The molecule has 3 aromatic rings. The van der Waals surface area contributed by atoms with Gasteiger partial charge in [-0.05, 0) is 53.8 Å². The van der Waals surface area contributed by atoms with E-state index in [0.29, 0.717) is 45.4 Å². The fraction of sp³-hybridized carbons (Fsp3) is 0.269. The molecule has 2 amide bonds. The first kappa shape index (κ1) is 22.3. The number of aromatic nitrogens is 1. The molecule has 1 aliphatic heterocycles. The normalized spacial score (nSPS) is 12.5. The van der Waals surface area contributed by atoms with E-state index in [4.69, 9.17) is 4.74 Å². The van der Waals surface area contributed by atoms with Crippen LogP contribution in [0.5, 0.6) is 5.75 Å². The Hall–Kier alpha value is -3.87. The predicted octanol–water partition coefficient (Wildman–Crippen LogP) is 3.26. The van der Waals surface area contributed by atoms with Gasteiger partial charge >= 0.3 is 0 Å². The summed E-state index contributed by atoms with van der Waals surface area (Å²) in [7, 11) is 0. The molecule has 0 saturated carbocycles. The fourth-order valence-corrected chi connectivity index (χ4v) is 3.71. The molecule has 33 heavy (non-hydrogen) atoms. The summed E-state index contributed by atoms with van der Waals surface area (Å²) in [6.07, 6.45) is 3.98. The van der Waals surface area contributed by atoms with Crippen molar-refractivity contribution in [2.24, 2.45) is 0 Å². The number of hydrogen-bond donors (Lipinski definition) is 2. The van der Waals surface area contributed by atoms with Crippen molar-refractivity contribution in [1.82, 2.24) is 9.88 Å². The molecule has 0 atom stereocenters. The Morgan fingerprint density at radius 1 is 1.00 bits per heavy atom. The van der Waals surface area contributed by atoms with Crippen LogP contribution in [0, 0.1) is 0 Å². The molecule has 0 bridgehead atoms. The number of amides is 2. The number of nitrogens with one attached hydrogen (secondary N) is 2. The summed E-state index contributed by atoms with van der Waals surface area (Å²) in [5.41, 5.74) is 3.93. The average molecular weight is 446 g/mol. The largest absolute Gasteiger partial charge is 0.494 e. The number of fused-ring (bicyclic) bond motifs is 1. The number of aryl methyl sites for hydroxylation is 1. The maximum Gasteiger partial charge on any atom is 0.250 e. The first-order chi connectivity index (χ1) is 16.1. The summed E-state index contributed by atoms with van der Waals surface area (Å²) in [6, 6.07) is 18.6. The van der Waals surface area contributed by atoms with Gasteiger partial charge in [0.1, 0.15) is 5.75 Å². The molecular weight excluding hydrogens is 418 g/mol. The van der Waals surface area contributed by atoms with Crippen LogP contribution in [0.1, 0.15) is 36.0 Å². The number of ether oxygens (including phenoxy) is 1. The third-order valence-electron chi connectivity index (χ3n) is 5.55. The average Bonchev–Trinajstić information content (AvgIpc) is 2.83. The quantitative estimate of drug-likeness (QED) is 0.495. The van der Waals surface area contributed by atoms with E-state index in [1.807, 2.05) is 48.5 Å². The van der Waals surface area contributed by atoms with Crippen molar-refractivity contribution in [2.75, 3.05) is 11.9 Å². The van der Waals surface area contributed by atoms with Crippen molar-refractivity contribution in [2.45, 2.75) is 38.8 Å². The van der Waals surface area contributed by atoms with Gasteiger partial charge in [0.05, 0.1) is 13.2 Å². The summed E-state index contributed by atoms with van der Waals surface area (Å²) in [5, 5.41) is 5.78. The highest BCUT2D eigenvalue weighted by molar-refractivity contribution is 5.94. The first-order valence-electron chi connectivity index (χ1n) is 11.1. The number of carbonyl (C=O) groups is 2. The Balaban J connectivity index is 1.16. The van der Waals surface area contributed by atoms with E-state index in [1.165, 1.54) is 0 Å². The minimum absolute atomic E-state index is 0.0216. The van der Waals surface area contributed by atoms with Crippen LogP contribution in [-0.2, 0) is 29.1 Å². The zero-order valence-corrected chi connectivity index (χ0v) is 18.4. The van der Waals surface area contributed by atoms with Gasteiger partial charge in [-0.25, -0.2) is 0 Å². The molecule has 4 rings (SSSR count). The topological polar surface area (TPSA) is 89.4 Å². The van der Waals surface area contributed by atoms with Crippen molar-refractivity contribution in [3.63, 3.8) is 0 Å². The smallest absolute Gasteiger partial charge is 0.250 e. The summed E-state index contributed by atoms with van der Waals surface area (Å²) in [5.74, 6) is 0.775. The van der Waals surface area contributed by atoms with Gasteiger partial charge in [-0.2, -0.15) is 0 Å². The SMILES string of the molecule is O=C(CCCOc1ccc2c(c1)CCC(=O)N2)NCc1ccc(Cn2ccccc2=O)cc1. The summed E-state index contributed by atoms with van der Waals surface area (Å²) in [6.45, 7) is 1.43. The molecule has 7 heteroatoms. The van der Waals surface area contributed by atoms with E-state index < -0.39 is 0 Å². The summed E-state index contributed by atoms with van der Waals surface area (Å²) >= 11 is 0. The van der Waals surface area contributed by atoms with Crippen LogP contribution < -0.4 is 20.9 Å². The number of carbonyl (C=O) groups excluding carboxylic acids is 2. The van der Waals surface area contributed by atoms with E-state index in [-0.39, 0.29) is 17.4 Å². The van der Waals surface area contributed by atoms with Crippen LogP contribution in [0.2, 0.25) is 0 Å². The highest BCUT2D eigenvalue weighted by atomic mass is 16.5. The van der Waals surface area contributed by atoms with Crippen LogP contribution in [-0.4, -0.2) is 23.0 Å². The van der Waals surface area contributed by atoms with Gasteiger partial charge in [0, 0.05) is 37.3 Å². The van der Waals surface area contributed by atoms with Crippen molar-refractivity contribution >= 4 is 17.5 Å². The van der Waals surface area contributed by atoms with E-state index in [9.17, 15) is 14.4 Å². The lowest BCUT2D eigenvalue weighted by Crippen LogP contribution is -2.23. The van der Waals surface area contributed by atoms with Gasteiger partial charge in [0.25, 0.3) is 5.56 Å². The number of benzene rings is 2. The zero-order chi connectivity index (χ0) is 23.0. The molecule has 0 unspecified atom stereocenters. The Labute approximate surface area is 192 Å². The Morgan fingerprint density at radius 3 is 2.64 bits per heavy atom. The van der Waals surface area contributed by atoms with Crippen LogP contribution in [0.4, 0.5) is 5.69 Å². The zero-order valence-electron chi connectivity index (χ0n) is 18.4. The van der Waals surface area contributed by atoms with Gasteiger partial charge in [0.2, 0.25) is 11.8 Å². The molecule has 170 valence electrons. The molecule has 1 aromatic heterocycles. The minimum atomic E-state index is -0.0297. The molecule has 1 aliphatic rings. The highest BCUT2D eigenvalue weighted by Crippen LogP contribution is 2.26. The van der Waals surface area contributed by atoms with Gasteiger partial charge in [0.15, 0.2) is 0 Å². The Kier molecular flexibility index (Phi) is 7.19. The van der Waals surface area contributed by atoms with Crippen molar-refractivity contribution < 1.29 is 14.3 Å². The van der Waals surface area contributed by atoms with E-state index >= 15 is 0 Å². The summed E-state index contributed by atoms with van der Waals surface area (Å²) in [4.78, 5) is 35.4. The van der Waals surface area contributed by atoms with Crippen LogP contribution in [0.15, 0.2) is 71.7 Å². The second-order valence-corrected chi connectivity index (χ2v) is 8.08. The minimum Gasteiger partial charge on any atom is -0.494 e. The van der Waals surface area contributed by atoms with Crippen LogP contribution in [0.3, 0.4) is 0 Å². The number of hydrogen-bond acceptors (Lipinski definition) is 4. The molecule has 0 fully saturated rings. The molecule has 2 heterocycles. The standard InChI is InChI=1S/C26H27N3O4/c30-24(4-3-15-33-22-11-12-23-21(16-22)10-13-25(31)28-23)27-17-19-6-8-20(9-7-19)18-29-14-2-1-5-26(29)32/h1-2,5-9,11-12,14,16H,3-4,10,13,15,17-18H2,(H,27,30)(H,28,31). The monoisotopic (exact) mass is 445 g/mol. The van der Waals surface area contributed by atoms with Crippen molar-refractivity contribution in [3.05, 3.63) is 93.9 Å². The van der Waals surface area contributed by atoms with Gasteiger partial charge in [-0.1, -0.05) is 30.3 Å². The second-order valence-electron chi connectivity index (χ2n) is 8.08. The lowest BCUT2D eigenvalue weighted by molar-refractivity contribution is -0.121. The Morgan fingerprint density at radius 2 is 1.82 bits per heavy atom. The van der Waals surface area contributed by atoms with Gasteiger partial charge < -0.3 is 19.9 Å². The molecular formula is C26H27N3O4. The van der Waals surface area contributed by atoms with Crippen LogP contribution >= 0.6 is 0 Å². The predicted molar refractivity (Wildman–Crippen MR) is 126 cm³/mol. The third kappa shape index (κ3) is 6.32. The number of pyridine rings is 1. The number of anilines is 1. The molecule has 0 spiro atoms.